The number of carbonyl (C=O) groups is 2. The standard InChI is InChI=1S/C22H23NO6/c1-12(27)23-19-5-3-13-7-14(9-24)17(10-25)18(11-26)22(13)15-4-6-21(29-2)20(28)8-16(15)19/h4,6-8,11,19,24-25H,3,5,9-10H2,1-2H3,(H,23,27)/t19-/m0/s1. The molecular formula is C22H23NO6. The summed E-state index contributed by atoms with van der Waals surface area (Å²) in [6, 6.07) is 6.00. The quantitative estimate of drug-likeness (QED) is 0.661. The molecule has 3 N–H and O–H groups in total. The van der Waals surface area contributed by atoms with Gasteiger partial charge < -0.3 is 20.3 Å². The number of carbonyl (C=O) groups excluding carboxylic acids is 2. The molecule has 1 aliphatic carbocycles. The minimum atomic E-state index is -0.436. The van der Waals surface area contributed by atoms with E-state index >= 15 is 0 Å². The molecule has 0 heterocycles. The number of amides is 1. The molecule has 2 aromatic carbocycles. The molecule has 0 saturated carbocycles. The van der Waals surface area contributed by atoms with Gasteiger partial charge in [0.25, 0.3) is 0 Å². The summed E-state index contributed by atoms with van der Waals surface area (Å²) < 4.78 is 5.16. The highest BCUT2D eigenvalue weighted by atomic mass is 16.5. The third-order valence-corrected chi connectivity index (χ3v) is 5.28. The first-order chi connectivity index (χ1) is 13.9. The summed E-state index contributed by atoms with van der Waals surface area (Å²) in [7, 11) is 1.40. The van der Waals surface area contributed by atoms with Crippen LogP contribution >= 0.6 is 0 Å². The number of aliphatic hydroxyl groups excluding tert-OH is 2. The Balaban J connectivity index is 2.43. The number of nitrogens with one attached hydrogen (secondary N) is 1. The minimum absolute atomic E-state index is 0.142. The normalized spacial score (nSPS) is 15.0. The second-order valence-electron chi connectivity index (χ2n) is 6.97. The van der Waals surface area contributed by atoms with Crippen LogP contribution in [0.1, 0.15) is 52.0 Å². The third kappa shape index (κ3) is 3.79. The topological polar surface area (TPSA) is 113 Å². The first-order valence-corrected chi connectivity index (χ1v) is 9.29. The Labute approximate surface area is 168 Å². The molecule has 1 atom stereocenters. The molecule has 1 aliphatic rings. The van der Waals surface area contributed by atoms with E-state index in [0.29, 0.717) is 46.9 Å². The molecule has 0 unspecified atom stereocenters. The fourth-order valence-corrected chi connectivity index (χ4v) is 4.00. The largest absolute Gasteiger partial charge is 0.493 e. The highest BCUT2D eigenvalue weighted by Crippen LogP contribution is 2.40. The minimum Gasteiger partial charge on any atom is -0.493 e. The van der Waals surface area contributed by atoms with Gasteiger partial charge in [-0.3, -0.25) is 14.4 Å². The predicted octanol–water partition coefficient (Wildman–Crippen LogP) is 1.64. The van der Waals surface area contributed by atoms with Crippen molar-refractivity contribution in [2.75, 3.05) is 7.11 Å². The molecule has 29 heavy (non-hydrogen) atoms. The first-order valence-electron chi connectivity index (χ1n) is 9.29. The smallest absolute Gasteiger partial charge is 0.220 e. The van der Waals surface area contributed by atoms with E-state index in [4.69, 9.17) is 4.74 Å². The molecule has 0 aromatic heterocycles. The van der Waals surface area contributed by atoms with Crippen molar-refractivity contribution in [3.63, 3.8) is 0 Å². The number of aryl methyl sites for hydroxylation is 1. The van der Waals surface area contributed by atoms with Crippen LogP contribution in [0.4, 0.5) is 0 Å². The molecule has 152 valence electrons. The lowest BCUT2D eigenvalue weighted by atomic mass is 9.87. The Morgan fingerprint density at radius 3 is 2.62 bits per heavy atom. The van der Waals surface area contributed by atoms with E-state index in [0.717, 1.165) is 5.56 Å². The van der Waals surface area contributed by atoms with Crippen molar-refractivity contribution in [1.82, 2.24) is 5.32 Å². The average Bonchev–Trinajstić information content (AvgIpc) is 2.95. The van der Waals surface area contributed by atoms with Gasteiger partial charge in [-0.25, -0.2) is 0 Å². The van der Waals surface area contributed by atoms with Gasteiger partial charge in [0, 0.05) is 12.5 Å². The Bertz CT molecular complexity index is 1030. The molecule has 1 amide bonds. The van der Waals surface area contributed by atoms with Gasteiger partial charge in [0.05, 0.1) is 26.4 Å². The zero-order chi connectivity index (χ0) is 21.1. The molecule has 7 nitrogen and oxygen atoms in total. The molecule has 0 aliphatic heterocycles. The van der Waals surface area contributed by atoms with Crippen LogP contribution in [-0.4, -0.2) is 29.5 Å². The number of aliphatic hydroxyl groups is 2. The van der Waals surface area contributed by atoms with Crippen molar-refractivity contribution in [2.24, 2.45) is 0 Å². The van der Waals surface area contributed by atoms with Gasteiger partial charge >= 0.3 is 0 Å². The number of methoxy groups -OCH3 is 1. The summed E-state index contributed by atoms with van der Waals surface area (Å²) >= 11 is 0. The number of rotatable bonds is 5. The zero-order valence-electron chi connectivity index (χ0n) is 16.3. The molecule has 2 aromatic rings. The third-order valence-electron chi connectivity index (χ3n) is 5.28. The van der Waals surface area contributed by atoms with Crippen LogP contribution in [0.25, 0.3) is 11.1 Å². The van der Waals surface area contributed by atoms with Crippen molar-refractivity contribution in [3.05, 3.63) is 62.3 Å². The number of benzene rings is 1. The van der Waals surface area contributed by atoms with E-state index in [1.54, 1.807) is 12.1 Å². The van der Waals surface area contributed by atoms with Gasteiger partial charge in [0.15, 0.2) is 12.0 Å². The maximum absolute atomic E-state index is 12.6. The lowest BCUT2D eigenvalue weighted by Crippen LogP contribution is -2.26. The highest BCUT2D eigenvalue weighted by Gasteiger charge is 2.27. The van der Waals surface area contributed by atoms with E-state index in [-0.39, 0.29) is 29.3 Å². The first kappa shape index (κ1) is 20.7. The van der Waals surface area contributed by atoms with E-state index < -0.39 is 12.6 Å². The predicted molar refractivity (Wildman–Crippen MR) is 107 cm³/mol. The number of ether oxygens (including phenoxy) is 1. The van der Waals surface area contributed by atoms with Crippen LogP contribution in [-0.2, 0) is 24.4 Å². The Morgan fingerprint density at radius 1 is 1.28 bits per heavy atom. The van der Waals surface area contributed by atoms with Crippen molar-refractivity contribution >= 4 is 12.2 Å². The maximum Gasteiger partial charge on any atom is 0.220 e. The average molecular weight is 397 g/mol. The molecule has 0 radical (unpaired) electrons. The summed E-state index contributed by atoms with van der Waals surface area (Å²) in [6.07, 6.45) is 1.69. The van der Waals surface area contributed by atoms with Gasteiger partial charge in [-0.1, -0.05) is 12.1 Å². The highest BCUT2D eigenvalue weighted by molar-refractivity contribution is 5.93. The fraction of sp³-hybridized carbons (Fsp3) is 0.318. The van der Waals surface area contributed by atoms with Crippen LogP contribution in [0.2, 0.25) is 0 Å². The van der Waals surface area contributed by atoms with Gasteiger partial charge in [-0.05, 0) is 58.4 Å². The van der Waals surface area contributed by atoms with Crippen LogP contribution < -0.4 is 15.5 Å². The van der Waals surface area contributed by atoms with Crippen molar-refractivity contribution in [3.8, 4) is 16.9 Å². The number of hydrogen-bond donors (Lipinski definition) is 3. The van der Waals surface area contributed by atoms with E-state index in [9.17, 15) is 24.6 Å². The second kappa shape index (κ2) is 8.55. The molecule has 0 fully saturated rings. The zero-order valence-corrected chi connectivity index (χ0v) is 16.3. The fourth-order valence-electron chi connectivity index (χ4n) is 4.00. The Kier molecular flexibility index (Phi) is 6.10. The van der Waals surface area contributed by atoms with Gasteiger partial charge in [0.2, 0.25) is 11.3 Å². The number of fused-ring (bicyclic) bond motifs is 3. The van der Waals surface area contributed by atoms with Gasteiger partial charge in [-0.15, -0.1) is 0 Å². The molecule has 0 spiro atoms. The van der Waals surface area contributed by atoms with E-state index in [1.807, 2.05) is 0 Å². The molecule has 3 rings (SSSR count). The van der Waals surface area contributed by atoms with Gasteiger partial charge in [0.1, 0.15) is 0 Å². The molecule has 0 saturated heterocycles. The monoisotopic (exact) mass is 397 g/mol. The van der Waals surface area contributed by atoms with Crippen molar-refractivity contribution in [1.29, 1.82) is 0 Å². The number of hydrogen-bond acceptors (Lipinski definition) is 6. The molecule has 0 bridgehead atoms. The summed E-state index contributed by atoms with van der Waals surface area (Å²) in [5.74, 6) is -0.0938. The SMILES string of the molecule is COc1ccc2c(cc1=O)[C@@H](NC(C)=O)CCc1cc(CO)c(CO)c(C=O)c1-2. The van der Waals surface area contributed by atoms with Crippen LogP contribution in [0.15, 0.2) is 29.1 Å². The summed E-state index contributed by atoms with van der Waals surface area (Å²) in [5.41, 5.74) is 3.36. The molecular weight excluding hydrogens is 374 g/mol. The van der Waals surface area contributed by atoms with Crippen molar-refractivity contribution < 1.29 is 24.5 Å². The van der Waals surface area contributed by atoms with E-state index in [2.05, 4.69) is 5.32 Å². The van der Waals surface area contributed by atoms with Crippen LogP contribution in [0.3, 0.4) is 0 Å². The Morgan fingerprint density at radius 2 is 2.03 bits per heavy atom. The lowest BCUT2D eigenvalue weighted by molar-refractivity contribution is -0.119. The summed E-state index contributed by atoms with van der Waals surface area (Å²) in [6.45, 7) is 0.688. The van der Waals surface area contributed by atoms with Gasteiger partial charge in [-0.2, -0.15) is 0 Å². The van der Waals surface area contributed by atoms with Crippen LogP contribution in [0, 0.1) is 0 Å². The number of aldehydes is 1. The lowest BCUT2D eigenvalue weighted by Gasteiger charge is -2.18. The maximum atomic E-state index is 12.6. The molecule has 7 heteroatoms. The van der Waals surface area contributed by atoms with Crippen LogP contribution in [0.5, 0.6) is 5.75 Å². The van der Waals surface area contributed by atoms with Crippen molar-refractivity contribution in [2.45, 2.75) is 39.0 Å². The second-order valence-corrected chi connectivity index (χ2v) is 6.97. The summed E-state index contributed by atoms with van der Waals surface area (Å²) in [5, 5.41) is 22.4. The Hall–Kier alpha value is -3.03. The summed E-state index contributed by atoms with van der Waals surface area (Å²) in [4.78, 5) is 36.4. The van der Waals surface area contributed by atoms with E-state index in [1.165, 1.54) is 26.2 Å².